The lowest BCUT2D eigenvalue weighted by Crippen LogP contribution is -2.21. The number of aromatic nitrogens is 2. The number of carbonyl (C=O) groups excluding carboxylic acids is 1. The predicted molar refractivity (Wildman–Crippen MR) is 86.9 cm³/mol. The molecule has 2 heterocycles. The standard InChI is InChI=1S/C17H15N3O4/c1-18-16(22)14-8-9(17(23)24)7-13(20-14)15(21)11-3-2-4-12-10(11)5-6-19-12/h2-8,15,19,21H,1H3,(H,18,22)(H,23,24)/t15-/m1/s1. The maximum Gasteiger partial charge on any atom is 0.335 e. The van der Waals surface area contributed by atoms with Crippen molar-refractivity contribution in [2.45, 2.75) is 6.10 Å². The fourth-order valence-electron chi connectivity index (χ4n) is 2.57. The van der Waals surface area contributed by atoms with Crippen LogP contribution < -0.4 is 5.32 Å². The van der Waals surface area contributed by atoms with Crippen LogP contribution in [0.3, 0.4) is 0 Å². The Hall–Kier alpha value is -3.19. The Balaban J connectivity index is 2.13. The number of aliphatic hydroxyl groups excluding tert-OH is 1. The van der Waals surface area contributed by atoms with Gasteiger partial charge in [0.1, 0.15) is 11.8 Å². The Morgan fingerprint density at radius 3 is 2.75 bits per heavy atom. The number of aromatic amines is 1. The summed E-state index contributed by atoms with van der Waals surface area (Å²) in [4.78, 5) is 30.3. The number of carboxylic acid groups (broad SMARTS) is 1. The molecule has 2 aromatic heterocycles. The first-order valence-corrected chi connectivity index (χ1v) is 7.22. The Labute approximate surface area is 137 Å². The van der Waals surface area contributed by atoms with E-state index in [9.17, 15) is 19.8 Å². The number of carbonyl (C=O) groups is 2. The molecule has 3 rings (SSSR count). The molecule has 0 fully saturated rings. The third kappa shape index (κ3) is 2.72. The number of aliphatic hydroxyl groups is 1. The minimum absolute atomic E-state index is 0.0623. The largest absolute Gasteiger partial charge is 0.478 e. The van der Waals surface area contributed by atoms with Crippen molar-refractivity contribution in [1.29, 1.82) is 0 Å². The van der Waals surface area contributed by atoms with Crippen LogP contribution in [-0.2, 0) is 0 Å². The van der Waals surface area contributed by atoms with Crippen molar-refractivity contribution in [3.63, 3.8) is 0 Å². The van der Waals surface area contributed by atoms with Gasteiger partial charge in [-0.3, -0.25) is 4.79 Å². The molecule has 1 aromatic carbocycles. The lowest BCUT2D eigenvalue weighted by molar-refractivity contribution is 0.0696. The maximum absolute atomic E-state index is 11.8. The highest BCUT2D eigenvalue weighted by atomic mass is 16.4. The van der Waals surface area contributed by atoms with E-state index in [4.69, 9.17) is 0 Å². The molecule has 7 nitrogen and oxygen atoms in total. The number of fused-ring (bicyclic) bond motifs is 1. The number of hydrogen-bond acceptors (Lipinski definition) is 4. The zero-order chi connectivity index (χ0) is 17.3. The molecule has 0 unspecified atom stereocenters. The average Bonchev–Trinajstić information content (AvgIpc) is 3.08. The SMILES string of the molecule is CNC(=O)c1cc(C(=O)O)cc([C@H](O)c2cccc3[nH]ccc23)n1. The van der Waals surface area contributed by atoms with Crippen molar-refractivity contribution in [3.8, 4) is 0 Å². The number of hydrogen-bond donors (Lipinski definition) is 4. The average molecular weight is 325 g/mol. The van der Waals surface area contributed by atoms with Crippen molar-refractivity contribution >= 4 is 22.8 Å². The van der Waals surface area contributed by atoms with Crippen LogP contribution in [0.1, 0.15) is 38.2 Å². The van der Waals surface area contributed by atoms with Gasteiger partial charge in [0.15, 0.2) is 0 Å². The summed E-state index contributed by atoms with van der Waals surface area (Å²) in [6.45, 7) is 0. The second-order valence-corrected chi connectivity index (χ2v) is 5.24. The van der Waals surface area contributed by atoms with E-state index in [-0.39, 0.29) is 17.0 Å². The maximum atomic E-state index is 11.8. The smallest absolute Gasteiger partial charge is 0.335 e. The highest BCUT2D eigenvalue weighted by Crippen LogP contribution is 2.28. The van der Waals surface area contributed by atoms with Crippen LogP contribution in [0.5, 0.6) is 0 Å². The number of nitrogens with one attached hydrogen (secondary N) is 2. The molecule has 0 spiro atoms. The molecular weight excluding hydrogens is 310 g/mol. The second kappa shape index (κ2) is 6.13. The summed E-state index contributed by atoms with van der Waals surface area (Å²) in [5.41, 5.74) is 1.34. The Bertz CT molecular complexity index is 932. The van der Waals surface area contributed by atoms with Gasteiger partial charge in [-0.2, -0.15) is 0 Å². The third-order valence-corrected chi connectivity index (χ3v) is 3.76. The number of H-pyrrole nitrogens is 1. The van der Waals surface area contributed by atoms with Crippen LogP contribution in [-0.4, -0.2) is 39.1 Å². The zero-order valence-electron chi connectivity index (χ0n) is 12.8. The number of rotatable bonds is 4. The molecular formula is C17H15N3O4. The fourth-order valence-corrected chi connectivity index (χ4v) is 2.57. The first kappa shape index (κ1) is 15.7. The van der Waals surface area contributed by atoms with Crippen LogP contribution in [0.2, 0.25) is 0 Å². The van der Waals surface area contributed by atoms with E-state index < -0.39 is 18.0 Å². The Morgan fingerprint density at radius 2 is 2.04 bits per heavy atom. The molecule has 0 aliphatic heterocycles. The molecule has 1 atom stereocenters. The lowest BCUT2D eigenvalue weighted by atomic mass is 10.0. The summed E-state index contributed by atoms with van der Waals surface area (Å²) < 4.78 is 0. The third-order valence-electron chi connectivity index (χ3n) is 3.76. The molecule has 3 aromatic rings. The minimum atomic E-state index is -1.20. The molecule has 7 heteroatoms. The Kier molecular flexibility index (Phi) is 4.01. The number of aromatic carboxylic acids is 1. The van der Waals surface area contributed by atoms with Gasteiger partial charge in [-0.15, -0.1) is 0 Å². The van der Waals surface area contributed by atoms with E-state index in [1.54, 1.807) is 18.3 Å². The lowest BCUT2D eigenvalue weighted by Gasteiger charge is -2.14. The number of nitrogens with zero attached hydrogens (tertiary/aromatic N) is 1. The van der Waals surface area contributed by atoms with Gasteiger partial charge in [0.2, 0.25) is 0 Å². The quantitative estimate of drug-likeness (QED) is 0.583. The molecule has 122 valence electrons. The normalized spacial score (nSPS) is 12.1. The van der Waals surface area contributed by atoms with Crippen LogP contribution in [0.4, 0.5) is 0 Å². The summed E-state index contributed by atoms with van der Waals surface area (Å²) >= 11 is 0. The summed E-state index contributed by atoms with van der Waals surface area (Å²) in [5.74, 6) is -1.72. The molecule has 24 heavy (non-hydrogen) atoms. The van der Waals surface area contributed by atoms with Gasteiger partial charge >= 0.3 is 5.97 Å². The van der Waals surface area contributed by atoms with Gasteiger partial charge in [-0.25, -0.2) is 9.78 Å². The molecule has 0 saturated carbocycles. The minimum Gasteiger partial charge on any atom is -0.478 e. The van der Waals surface area contributed by atoms with Crippen LogP contribution in [0.25, 0.3) is 10.9 Å². The van der Waals surface area contributed by atoms with E-state index in [2.05, 4.69) is 15.3 Å². The van der Waals surface area contributed by atoms with Gasteiger partial charge in [-0.1, -0.05) is 12.1 Å². The van der Waals surface area contributed by atoms with Crippen molar-refractivity contribution in [1.82, 2.24) is 15.3 Å². The van der Waals surface area contributed by atoms with Crippen molar-refractivity contribution < 1.29 is 19.8 Å². The van der Waals surface area contributed by atoms with Gasteiger partial charge < -0.3 is 20.5 Å². The van der Waals surface area contributed by atoms with Crippen LogP contribution >= 0.6 is 0 Å². The molecule has 1 amide bonds. The molecule has 4 N–H and O–H groups in total. The zero-order valence-corrected chi connectivity index (χ0v) is 12.8. The number of amides is 1. The predicted octanol–water partition coefficient (Wildman–Crippen LogP) is 1.70. The van der Waals surface area contributed by atoms with Crippen LogP contribution in [0, 0.1) is 0 Å². The monoisotopic (exact) mass is 325 g/mol. The van der Waals surface area contributed by atoms with E-state index >= 15 is 0 Å². The first-order chi connectivity index (χ1) is 11.5. The summed E-state index contributed by atoms with van der Waals surface area (Å²) in [6, 6.07) is 9.63. The van der Waals surface area contributed by atoms with Crippen molar-refractivity contribution in [2.75, 3.05) is 7.05 Å². The number of pyridine rings is 1. The van der Waals surface area contributed by atoms with E-state index in [1.807, 2.05) is 12.1 Å². The van der Waals surface area contributed by atoms with Gasteiger partial charge in [0.05, 0.1) is 11.3 Å². The highest BCUT2D eigenvalue weighted by molar-refractivity contribution is 5.96. The topological polar surface area (TPSA) is 115 Å². The summed E-state index contributed by atoms with van der Waals surface area (Å²) in [6.07, 6.45) is 0.588. The van der Waals surface area contributed by atoms with Crippen LogP contribution in [0.15, 0.2) is 42.6 Å². The van der Waals surface area contributed by atoms with E-state index in [0.29, 0.717) is 5.56 Å². The number of carboxylic acids is 1. The highest BCUT2D eigenvalue weighted by Gasteiger charge is 2.20. The molecule has 0 aliphatic rings. The molecule has 0 aliphatic carbocycles. The van der Waals surface area contributed by atoms with E-state index in [1.165, 1.54) is 19.2 Å². The fraction of sp³-hybridized carbons (Fsp3) is 0.118. The van der Waals surface area contributed by atoms with Gasteiger partial charge in [-0.05, 0) is 29.8 Å². The molecule has 0 saturated heterocycles. The second-order valence-electron chi connectivity index (χ2n) is 5.24. The van der Waals surface area contributed by atoms with Crippen molar-refractivity contribution in [2.24, 2.45) is 0 Å². The first-order valence-electron chi connectivity index (χ1n) is 7.22. The molecule has 0 radical (unpaired) electrons. The Morgan fingerprint density at radius 1 is 1.25 bits per heavy atom. The van der Waals surface area contributed by atoms with Crippen molar-refractivity contribution in [3.05, 3.63) is 65.1 Å². The van der Waals surface area contributed by atoms with Gasteiger partial charge in [0.25, 0.3) is 5.91 Å². The number of benzene rings is 1. The molecule has 0 bridgehead atoms. The van der Waals surface area contributed by atoms with Gasteiger partial charge in [0, 0.05) is 24.1 Å². The summed E-state index contributed by atoms with van der Waals surface area (Å²) in [5, 5.41) is 23.1. The summed E-state index contributed by atoms with van der Waals surface area (Å²) in [7, 11) is 1.42. The van der Waals surface area contributed by atoms with E-state index in [0.717, 1.165) is 10.9 Å².